The Balaban J connectivity index is 1.64. The zero-order chi connectivity index (χ0) is 21.1. The lowest BCUT2D eigenvalue weighted by Crippen LogP contribution is -2.29. The molecule has 0 radical (unpaired) electrons. The lowest BCUT2D eigenvalue weighted by Gasteiger charge is -2.12. The van der Waals surface area contributed by atoms with E-state index in [-0.39, 0.29) is 24.6 Å². The molecule has 0 bridgehead atoms. The van der Waals surface area contributed by atoms with Crippen LogP contribution >= 0.6 is 0 Å². The van der Waals surface area contributed by atoms with Crippen LogP contribution in [0.5, 0.6) is 0 Å². The highest BCUT2D eigenvalue weighted by molar-refractivity contribution is 5.88. The molecule has 2 N–H and O–H groups in total. The van der Waals surface area contributed by atoms with Gasteiger partial charge in [0.15, 0.2) is 0 Å². The average molecular weight is 396 g/mol. The number of nitrogens with zero attached hydrogens (tertiary/aromatic N) is 1. The molecule has 0 aliphatic rings. The van der Waals surface area contributed by atoms with E-state index in [0.717, 1.165) is 22.1 Å². The van der Waals surface area contributed by atoms with Crippen LogP contribution < -0.4 is 5.32 Å². The Morgan fingerprint density at radius 1 is 1.24 bits per heavy atom. The molecule has 152 valence electrons. The number of aliphatic hydroxyl groups is 1. The molecule has 7 nitrogen and oxygen atoms in total. The van der Waals surface area contributed by atoms with E-state index < -0.39 is 11.0 Å². The maximum atomic E-state index is 12.4. The minimum Gasteiger partial charge on any atom is -0.464 e. The molecule has 0 aliphatic heterocycles. The van der Waals surface area contributed by atoms with Crippen LogP contribution in [-0.2, 0) is 11.2 Å². The highest BCUT2D eigenvalue weighted by atomic mass is 16.6. The number of nitro benzene ring substituents is 1. The molecule has 0 spiro atoms. The second-order valence-electron chi connectivity index (χ2n) is 7.47. The minimum atomic E-state index is -0.948. The number of rotatable bonds is 7. The van der Waals surface area contributed by atoms with Gasteiger partial charge < -0.3 is 14.8 Å². The van der Waals surface area contributed by atoms with E-state index in [9.17, 15) is 20.0 Å². The number of carbonyl (C=O) groups is 1. The van der Waals surface area contributed by atoms with Gasteiger partial charge in [-0.15, -0.1) is 0 Å². The van der Waals surface area contributed by atoms with Crippen LogP contribution in [0.25, 0.3) is 11.0 Å². The molecule has 2 aromatic carbocycles. The first-order valence-electron chi connectivity index (χ1n) is 9.46. The van der Waals surface area contributed by atoms with E-state index in [0.29, 0.717) is 11.5 Å². The lowest BCUT2D eigenvalue weighted by molar-refractivity contribution is -0.384. The normalized spacial score (nSPS) is 12.3. The maximum absolute atomic E-state index is 12.4. The van der Waals surface area contributed by atoms with Crippen LogP contribution in [0.3, 0.4) is 0 Å². The molecule has 1 heterocycles. The summed E-state index contributed by atoms with van der Waals surface area (Å²) in [5.74, 6) is 0.133. The summed E-state index contributed by atoms with van der Waals surface area (Å²) in [6.07, 6.45) is 0.789. The third kappa shape index (κ3) is 4.63. The lowest BCUT2D eigenvalue weighted by atomic mass is 9.95. The molecule has 7 heteroatoms. The Morgan fingerprint density at radius 2 is 1.93 bits per heavy atom. The van der Waals surface area contributed by atoms with Crippen molar-refractivity contribution in [1.29, 1.82) is 0 Å². The predicted molar refractivity (Wildman–Crippen MR) is 110 cm³/mol. The number of furan rings is 1. The molecule has 0 saturated heterocycles. The van der Waals surface area contributed by atoms with Crippen molar-refractivity contribution in [2.45, 2.75) is 39.2 Å². The molecule has 1 atom stereocenters. The molecular formula is C22H24N2O5. The molecule has 0 unspecified atom stereocenters. The summed E-state index contributed by atoms with van der Waals surface area (Å²) in [7, 11) is 0. The van der Waals surface area contributed by atoms with Crippen LogP contribution in [-0.4, -0.2) is 22.5 Å². The van der Waals surface area contributed by atoms with Crippen molar-refractivity contribution in [3.8, 4) is 0 Å². The molecule has 29 heavy (non-hydrogen) atoms. The third-order valence-electron chi connectivity index (χ3n) is 5.00. The van der Waals surface area contributed by atoms with Crippen LogP contribution in [0.2, 0.25) is 0 Å². The van der Waals surface area contributed by atoms with E-state index in [2.05, 4.69) is 25.2 Å². The van der Waals surface area contributed by atoms with Gasteiger partial charge in [0.05, 0.1) is 23.7 Å². The molecule has 0 aliphatic carbocycles. The smallest absolute Gasteiger partial charge is 0.269 e. The zero-order valence-electron chi connectivity index (χ0n) is 16.6. The van der Waals surface area contributed by atoms with E-state index >= 15 is 0 Å². The fourth-order valence-electron chi connectivity index (χ4n) is 3.39. The number of hydrogen-bond acceptors (Lipinski definition) is 5. The van der Waals surface area contributed by atoms with Gasteiger partial charge in [0.25, 0.3) is 5.69 Å². The zero-order valence-corrected chi connectivity index (χ0v) is 16.6. The number of aryl methyl sites for hydroxylation is 1. The van der Waals surface area contributed by atoms with Crippen molar-refractivity contribution in [2.75, 3.05) is 6.54 Å². The SMILES string of the molecule is Cc1cc2occ(CC(=O)NC[C@H](O)c3ccc([N+](=O)[O-])cc3)c2cc1C(C)C. The molecule has 3 aromatic rings. The first kappa shape index (κ1) is 20.5. The number of amides is 1. The Hall–Kier alpha value is -3.19. The monoisotopic (exact) mass is 396 g/mol. The second kappa shape index (κ2) is 8.45. The fourth-order valence-corrected chi connectivity index (χ4v) is 3.39. The predicted octanol–water partition coefficient (Wildman–Crippen LogP) is 4.17. The van der Waals surface area contributed by atoms with Gasteiger partial charge in [0.1, 0.15) is 5.58 Å². The number of nitrogens with one attached hydrogen (secondary N) is 1. The molecule has 0 saturated carbocycles. The largest absolute Gasteiger partial charge is 0.464 e. The molecular weight excluding hydrogens is 372 g/mol. The molecule has 1 amide bonds. The quantitative estimate of drug-likeness (QED) is 0.461. The number of non-ortho nitro benzene ring substituents is 1. The van der Waals surface area contributed by atoms with Gasteiger partial charge in [-0.2, -0.15) is 0 Å². The summed E-state index contributed by atoms with van der Waals surface area (Å²) < 4.78 is 5.61. The Morgan fingerprint density at radius 3 is 2.55 bits per heavy atom. The average Bonchev–Trinajstić information content (AvgIpc) is 3.06. The van der Waals surface area contributed by atoms with Crippen LogP contribution in [0.4, 0.5) is 5.69 Å². The van der Waals surface area contributed by atoms with E-state index in [1.54, 1.807) is 6.26 Å². The highest BCUT2D eigenvalue weighted by Crippen LogP contribution is 2.29. The van der Waals surface area contributed by atoms with Crippen LogP contribution in [0.1, 0.15) is 48.1 Å². The van der Waals surface area contributed by atoms with Gasteiger partial charge in [-0.3, -0.25) is 14.9 Å². The first-order chi connectivity index (χ1) is 13.8. The standard InChI is InChI=1S/C22H24N2O5/c1-13(2)18-10-19-16(12-29-21(19)8-14(18)3)9-22(26)23-11-20(25)15-4-6-17(7-5-15)24(27)28/h4-8,10,12-13,20,25H,9,11H2,1-3H3,(H,23,26)/t20-/m0/s1. The number of nitro groups is 1. The number of benzene rings is 2. The highest BCUT2D eigenvalue weighted by Gasteiger charge is 2.16. The topological polar surface area (TPSA) is 106 Å². The van der Waals surface area contributed by atoms with Gasteiger partial charge in [0.2, 0.25) is 5.91 Å². The molecule has 0 fully saturated rings. The van der Waals surface area contributed by atoms with Crippen molar-refractivity contribution in [2.24, 2.45) is 0 Å². The van der Waals surface area contributed by atoms with E-state index in [1.165, 1.54) is 29.8 Å². The number of carbonyl (C=O) groups excluding carboxylic acids is 1. The van der Waals surface area contributed by atoms with Crippen molar-refractivity contribution in [3.05, 3.63) is 75.0 Å². The van der Waals surface area contributed by atoms with Gasteiger partial charge in [-0.25, -0.2) is 0 Å². The summed E-state index contributed by atoms with van der Waals surface area (Å²) in [5, 5.41) is 24.5. The van der Waals surface area contributed by atoms with Crippen molar-refractivity contribution >= 4 is 22.6 Å². The molecule has 1 aromatic heterocycles. The minimum absolute atomic E-state index is 0.0166. The number of hydrogen-bond donors (Lipinski definition) is 2. The summed E-state index contributed by atoms with van der Waals surface area (Å²) >= 11 is 0. The van der Waals surface area contributed by atoms with E-state index in [4.69, 9.17) is 4.42 Å². The van der Waals surface area contributed by atoms with Crippen molar-refractivity contribution in [3.63, 3.8) is 0 Å². The Bertz CT molecular complexity index is 1040. The summed E-state index contributed by atoms with van der Waals surface area (Å²) in [5.41, 5.74) is 4.37. The summed E-state index contributed by atoms with van der Waals surface area (Å²) in [6.45, 7) is 6.31. The van der Waals surface area contributed by atoms with E-state index in [1.807, 2.05) is 13.0 Å². The van der Waals surface area contributed by atoms with Crippen LogP contribution in [0.15, 0.2) is 47.1 Å². The third-order valence-corrected chi connectivity index (χ3v) is 5.00. The number of aliphatic hydroxyl groups excluding tert-OH is 1. The first-order valence-corrected chi connectivity index (χ1v) is 9.46. The van der Waals surface area contributed by atoms with Gasteiger partial charge in [-0.05, 0) is 53.8 Å². The summed E-state index contributed by atoms with van der Waals surface area (Å²) in [4.78, 5) is 22.6. The molecule has 3 rings (SSSR count). The fraction of sp³-hybridized carbons (Fsp3) is 0.318. The Kier molecular flexibility index (Phi) is 5.98. The van der Waals surface area contributed by atoms with Crippen molar-refractivity contribution in [1.82, 2.24) is 5.32 Å². The van der Waals surface area contributed by atoms with Gasteiger partial charge >= 0.3 is 0 Å². The number of fused-ring (bicyclic) bond motifs is 1. The van der Waals surface area contributed by atoms with Crippen LogP contribution in [0, 0.1) is 17.0 Å². The maximum Gasteiger partial charge on any atom is 0.269 e. The van der Waals surface area contributed by atoms with Crippen molar-refractivity contribution < 1.29 is 19.2 Å². The second-order valence-corrected chi connectivity index (χ2v) is 7.47. The van der Waals surface area contributed by atoms with Gasteiger partial charge in [-0.1, -0.05) is 13.8 Å². The van der Waals surface area contributed by atoms with Gasteiger partial charge in [0, 0.05) is 29.6 Å². The summed E-state index contributed by atoms with van der Waals surface area (Å²) in [6, 6.07) is 9.68. The Labute approximate surface area is 168 Å².